The number of amides is 1. The number of nitrogens with one attached hydrogen (secondary N) is 1. The van der Waals surface area contributed by atoms with Crippen molar-refractivity contribution in [3.63, 3.8) is 0 Å². The minimum atomic E-state index is -0.535. The number of hydrogen-bond acceptors (Lipinski definition) is 6. The third kappa shape index (κ3) is 5.48. The fraction of sp³-hybridized carbons (Fsp3) is 0.533. The summed E-state index contributed by atoms with van der Waals surface area (Å²) in [5, 5.41) is 4.86. The van der Waals surface area contributed by atoms with Crippen LogP contribution in [0.2, 0.25) is 0 Å². The van der Waals surface area contributed by atoms with E-state index in [1.165, 1.54) is 18.3 Å². The third-order valence-corrected chi connectivity index (χ3v) is 3.58. The zero-order chi connectivity index (χ0) is 16.7. The Morgan fingerprint density at radius 2 is 1.95 bits per heavy atom. The molecule has 6 nitrogen and oxygen atoms in total. The number of rotatable bonds is 7. The summed E-state index contributed by atoms with van der Waals surface area (Å²) in [6.07, 6.45) is 0.713. The third-order valence-electron chi connectivity index (χ3n) is 2.63. The van der Waals surface area contributed by atoms with E-state index in [4.69, 9.17) is 4.74 Å². The SMILES string of the molecule is CCOC(=O)c1c(CC(C)C)csc1NC(=O)COC(C)=O. The average Bonchev–Trinajstić information content (AvgIpc) is 2.78. The van der Waals surface area contributed by atoms with Gasteiger partial charge in [0.15, 0.2) is 6.61 Å². The van der Waals surface area contributed by atoms with Crippen LogP contribution in [0.1, 0.15) is 43.6 Å². The Morgan fingerprint density at radius 3 is 2.50 bits per heavy atom. The zero-order valence-electron chi connectivity index (χ0n) is 13.2. The molecule has 22 heavy (non-hydrogen) atoms. The molecule has 0 saturated carbocycles. The Hall–Kier alpha value is -1.89. The lowest BCUT2D eigenvalue weighted by Crippen LogP contribution is -2.21. The van der Waals surface area contributed by atoms with Gasteiger partial charge in [-0.05, 0) is 30.2 Å². The molecule has 1 heterocycles. The average molecular weight is 327 g/mol. The fourth-order valence-electron chi connectivity index (χ4n) is 1.83. The predicted octanol–water partition coefficient (Wildman–Crippen LogP) is 2.62. The van der Waals surface area contributed by atoms with Crippen LogP contribution in [0.4, 0.5) is 5.00 Å². The van der Waals surface area contributed by atoms with Gasteiger partial charge in [-0.1, -0.05) is 13.8 Å². The molecular weight excluding hydrogens is 306 g/mol. The maximum Gasteiger partial charge on any atom is 0.341 e. The van der Waals surface area contributed by atoms with Gasteiger partial charge in [0.2, 0.25) is 0 Å². The number of esters is 2. The smallest absolute Gasteiger partial charge is 0.341 e. The Balaban J connectivity index is 2.93. The van der Waals surface area contributed by atoms with Crippen molar-refractivity contribution in [2.45, 2.75) is 34.1 Å². The first kappa shape index (κ1) is 18.2. The first-order chi connectivity index (χ1) is 10.3. The lowest BCUT2D eigenvalue weighted by molar-refractivity contribution is -0.144. The summed E-state index contributed by atoms with van der Waals surface area (Å²) in [5.74, 6) is -1.11. The summed E-state index contributed by atoms with van der Waals surface area (Å²) in [5.41, 5.74) is 1.23. The monoisotopic (exact) mass is 327 g/mol. The van der Waals surface area contributed by atoms with E-state index < -0.39 is 17.8 Å². The maximum absolute atomic E-state index is 12.1. The largest absolute Gasteiger partial charge is 0.462 e. The summed E-state index contributed by atoms with van der Waals surface area (Å²) >= 11 is 1.26. The Morgan fingerprint density at radius 1 is 1.27 bits per heavy atom. The molecule has 1 rings (SSSR count). The molecule has 0 aliphatic carbocycles. The molecule has 1 aromatic heterocycles. The molecule has 122 valence electrons. The molecule has 0 aliphatic rings. The second kappa shape index (κ2) is 8.53. The minimum absolute atomic E-state index is 0.261. The highest BCUT2D eigenvalue weighted by atomic mass is 32.1. The van der Waals surface area contributed by atoms with Crippen LogP contribution in [-0.2, 0) is 25.5 Å². The van der Waals surface area contributed by atoms with Crippen LogP contribution in [0.15, 0.2) is 5.38 Å². The molecule has 0 aliphatic heterocycles. The summed E-state index contributed by atoms with van der Waals surface area (Å²) < 4.78 is 9.69. The number of carbonyl (C=O) groups is 3. The summed E-state index contributed by atoms with van der Waals surface area (Å²) in [7, 11) is 0. The molecule has 0 bridgehead atoms. The van der Waals surface area contributed by atoms with Gasteiger partial charge in [0.05, 0.1) is 12.2 Å². The highest BCUT2D eigenvalue weighted by molar-refractivity contribution is 7.15. The van der Waals surface area contributed by atoms with Crippen molar-refractivity contribution in [2.24, 2.45) is 5.92 Å². The summed E-state index contributed by atoms with van der Waals surface area (Å²) in [4.78, 5) is 34.6. The molecule has 0 fully saturated rings. The molecule has 0 aromatic carbocycles. The Labute approximate surface area is 133 Å². The van der Waals surface area contributed by atoms with Gasteiger partial charge in [-0.3, -0.25) is 9.59 Å². The van der Waals surface area contributed by atoms with Crippen molar-refractivity contribution in [1.82, 2.24) is 0 Å². The summed E-state index contributed by atoms with van der Waals surface area (Å²) in [6, 6.07) is 0. The zero-order valence-corrected chi connectivity index (χ0v) is 14.0. The molecule has 1 amide bonds. The van der Waals surface area contributed by atoms with E-state index in [-0.39, 0.29) is 13.2 Å². The lowest BCUT2D eigenvalue weighted by Gasteiger charge is -2.09. The molecule has 0 unspecified atom stereocenters. The van der Waals surface area contributed by atoms with E-state index in [9.17, 15) is 14.4 Å². The predicted molar refractivity (Wildman–Crippen MR) is 84.1 cm³/mol. The minimum Gasteiger partial charge on any atom is -0.462 e. The number of hydrogen-bond donors (Lipinski definition) is 1. The van der Waals surface area contributed by atoms with Crippen molar-refractivity contribution in [3.05, 3.63) is 16.5 Å². The normalized spacial score (nSPS) is 10.4. The van der Waals surface area contributed by atoms with Gasteiger partial charge in [-0.25, -0.2) is 4.79 Å². The first-order valence-electron chi connectivity index (χ1n) is 7.05. The molecule has 0 atom stereocenters. The van der Waals surface area contributed by atoms with Crippen LogP contribution in [0.3, 0.4) is 0 Å². The molecule has 7 heteroatoms. The molecule has 1 N–H and O–H groups in total. The van der Waals surface area contributed by atoms with Gasteiger partial charge < -0.3 is 14.8 Å². The van der Waals surface area contributed by atoms with Gasteiger partial charge in [0.25, 0.3) is 5.91 Å². The van der Waals surface area contributed by atoms with E-state index >= 15 is 0 Å². The van der Waals surface area contributed by atoms with E-state index in [1.807, 2.05) is 19.2 Å². The van der Waals surface area contributed by atoms with Crippen LogP contribution in [0, 0.1) is 5.92 Å². The number of thiophene rings is 1. The Kier molecular flexibility index (Phi) is 7.04. The molecule has 0 saturated heterocycles. The van der Waals surface area contributed by atoms with Gasteiger partial charge >= 0.3 is 11.9 Å². The summed E-state index contributed by atoms with van der Waals surface area (Å²) in [6.45, 7) is 6.93. The van der Waals surface area contributed by atoms with Gasteiger partial charge in [0, 0.05) is 6.92 Å². The van der Waals surface area contributed by atoms with E-state index in [0.717, 1.165) is 5.56 Å². The van der Waals surface area contributed by atoms with Gasteiger partial charge in [-0.2, -0.15) is 0 Å². The van der Waals surface area contributed by atoms with Crippen molar-refractivity contribution < 1.29 is 23.9 Å². The van der Waals surface area contributed by atoms with Crippen molar-refractivity contribution in [1.29, 1.82) is 0 Å². The van der Waals surface area contributed by atoms with Crippen LogP contribution in [0.25, 0.3) is 0 Å². The molecule has 1 aromatic rings. The molecular formula is C15H21NO5S. The second-order valence-corrected chi connectivity index (χ2v) is 5.99. The lowest BCUT2D eigenvalue weighted by atomic mass is 10.0. The standard InChI is InChI=1S/C15H21NO5S/c1-5-20-15(19)13-11(6-9(2)3)8-22-14(13)16-12(18)7-21-10(4)17/h8-9H,5-7H2,1-4H3,(H,16,18). The first-order valence-corrected chi connectivity index (χ1v) is 7.93. The molecule has 0 radical (unpaired) electrons. The number of anilines is 1. The fourth-order valence-corrected chi connectivity index (χ4v) is 2.81. The van der Waals surface area contributed by atoms with Crippen LogP contribution < -0.4 is 5.32 Å². The Bertz CT molecular complexity index is 550. The topological polar surface area (TPSA) is 81.7 Å². The van der Waals surface area contributed by atoms with E-state index in [1.54, 1.807) is 6.92 Å². The van der Waals surface area contributed by atoms with Crippen LogP contribution in [0.5, 0.6) is 0 Å². The van der Waals surface area contributed by atoms with Crippen molar-refractivity contribution in [2.75, 3.05) is 18.5 Å². The quantitative estimate of drug-likeness (QED) is 0.779. The van der Waals surface area contributed by atoms with Crippen molar-refractivity contribution >= 4 is 34.2 Å². The van der Waals surface area contributed by atoms with E-state index in [0.29, 0.717) is 22.9 Å². The molecule has 0 spiro atoms. The number of ether oxygens (including phenoxy) is 2. The number of carbonyl (C=O) groups excluding carboxylic acids is 3. The maximum atomic E-state index is 12.1. The highest BCUT2D eigenvalue weighted by Crippen LogP contribution is 2.30. The highest BCUT2D eigenvalue weighted by Gasteiger charge is 2.22. The van der Waals surface area contributed by atoms with Crippen LogP contribution in [-0.4, -0.2) is 31.1 Å². The van der Waals surface area contributed by atoms with Gasteiger partial charge in [0.1, 0.15) is 5.00 Å². The van der Waals surface area contributed by atoms with E-state index in [2.05, 4.69) is 10.1 Å². The second-order valence-electron chi connectivity index (χ2n) is 5.11. The van der Waals surface area contributed by atoms with Crippen LogP contribution >= 0.6 is 11.3 Å². The van der Waals surface area contributed by atoms with Crippen molar-refractivity contribution in [3.8, 4) is 0 Å². The van der Waals surface area contributed by atoms with Gasteiger partial charge in [-0.15, -0.1) is 11.3 Å².